The average molecular weight is 426 g/mol. The number of ether oxygens (including phenoxy) is 1. The van der Waals surface area contributed by atoms with Gasteiger partial charge in [0.05, 0.1) is 18.5 Å². The molecule has 1 N–H and O–H groups in total. The van der Waals surface area contributed by atoms with E-state index in [1.54, 1.807) is 12.0 Å². The molecule has 0 aliphatic carbocycles. The monoisotopic (exact) mass is 425 g/mol. The molecule has 1 aliphatic heterocycles. The van der Waals surface area contributed by atoms with Gasteiger partial charge in [-0.15, -0.1) is 0 Å². The summed E-state index contributed by atoms with van der Waals surface area (Å²) in [6.07, 6.45) is 0.938. The smallest absolute Gasteiger partial charge is 0.242 e. The van der Waals surface area contributed by atoms with Gasteiger partial charge in [0, 0.05) is 13.0 Å². The lowest BCUT2D eigenvalue weighted by atomic mass is 10.1. The van der Waals surface area contributed by atoms with Crippen LogP contribution in [0.5, 0.6) is 5.75 Å². The van der Waals surface area contributed by atoms with Crippen LogP contribution in [0.2, 0.25) is 0 Å². The molecule has 0 aromatic heterocycles. The molecule has 1 saturated heterocycles. The molecule has 0 saturated carbocycles. The molecule has 6 nitrogen and oxygen atoms in total. The van der Waals surface area contributed by atoms with Crippen molar-refractivity contribution in [3.63, 3.8) is 0 Å². The Kier molecular flexibility index (Phi) is 7.15. The number of nitrogens with zero attached hydrogens (tertiary/aromatic N) is 2. The Balaban J connectivity index is 1.76. The van der Waals surface area contributed by atoms with Gasteiger partial charge in [-0.1, -0.05) is 43.0 Å². The van der Waals surface area contributed by atoms with Gasteiger partial charge >= 0.3 is 0 Å². The Hall–Kier alpha value is -2.80. The van der Waals surface area contributed by atoms with Crippen LogP contribution >= 0.6 is 11.8 Å². The van der Waals surface area contributed by atoms with Crippen LogP contribution in [-0.4, -0.2) is 40.8 Å². The first-order valence-electron chi connectivity index (χ1n) is 10.1. The third kappa shape index (κ3) is 4.84. The van der Waals surface area contributed by atoms with Gasteiger partial charge in [-0.05, 0) is 49.6 Å². The van der Waals surface area contributed by atoms with Gasteiger partial charge in [0.15, 0.2) is 5.17 Å². The highest BCUT2D eigenvalue weighted by atomic mass is 32.2. The number of carbonyl (C=O) groups excluding carboxylic acids is 2. The van der Waals surface area contributed by atoms with Gasteiger partial charge in [0.25, 0.3) is 0 Å². The largest absolute Gasteiger partial charge is 0.495 e. The fourth-order valence-corrected chi connectivity index (χ4v) is 4.54. The van der Waals surface area contributed by atoms with E-state index in [2.05, 4.69) is 12.2 Å². The standard InChI is InChI=1S/C23H27N3O3S/c1-5-16-9-7-8-10-17(16)25-23-26(6-2)22(28)20(30-23)14-21(27)24-18-13-15(3)11-12-19(18)29-4/h7-13,20H,5-6,14H2,1-4H3,(H,24,27). The Morgan fingerprint density at radius 2 is 2.00 bits per heavy atom. The summed E-state index contributed by atoms with van der Waals surface area (Å²) >= 11 is 1.35. The highest BCUT2D eigenvalue weighted by Gasteiger charge is 2.38. The summed E-state index contributed by atoms with van der Waals surface area (Å²) in [7, 11) is 1.56. The van der Waals surface area contributed by atoms with E-state index < -0.39 is 5.25 Å². The number of hydrogen-bond donors (Lipinski definition) is 1. The Bertz CT molecular complexity index is 974. The number of nitrogens with one attached hydrogen (secondary N) is 1. The van der Waals surface area contributed by atoms with Gasteiger partial charge in [-0.25, -0.2) is 4.99 Å². The summed E-state index contributed by atoms with van der Waals surface area (Å²) in [4.78, 5) is 31.9. The van der Waals surface area contributed by atoms with E-state index in [1.165, 1.54) is 11.8 Å². The van der Waals surface area contributed by atoms with Crippen LogP contribution in [0, 0.1) is 6.92 Å². The zero-order valence-corrected chi connectivity index (χ0v) is 18.6. The van der Waals surface area contributed by atoms with Crippen LogP contribution in [0.15, 0.2) is 47.5 Å². The van der Waals surface area contributed by atoms with Crippen LogP contribution in [0.4, 0.5) is 11.4 Å². The Morgan fingerprint density at radius 1 is 1.23 bits per heavy atom. The molecule has 0 spiro atoms. The van der Waals surface area contributed by atoms with Gasteiger partial charge < -0.3 is 10.1 Å². The zero-order chi connectivity index (χ0) is 21.7. The first kappa shape index (κ1) is 21.9. The van der Waals surface area contributed by atoms with Crippen molar-refractivity contribution >= 4 is 40.1 Å². The van der Waals surface area contributed by atoms with Crippen LogP contribution < -0.4 is 10.1 Å². The van der Waals surface area contributed by atoms with Crippen molar-refractivity contribution in [1.82, 2.24) is 4.90 Å². The predicted molar refractivity (Wildman–Crippen MR) is 123 cm³/mol. The maximum absolute atomic E-state index is 12.9. The van der Waals surface area contributed by atoms with E-state index in [9.17, 15) is 9.59 Å². The lowest BCUT2D eigenvalue weighted by Gasteiger charge is -2.14. The second-order valence-electron chi connectivity index (χ2n) is 7.02. The van der Waals surface area contributed by atoms with Crippen molar-refractivity contribution in [2.24, 2.45) is 4.99 Å². The summed E-state index contributed by atoms with van der Waals surface area (Å²) in [5, 5.41) is 3.03. The lowest BCUT2D eigenvalue weighted by molar-refractivity contribution is -0.128. The number of benzene rings is 2. The van der Waals surface area contributed by atoms with Gasteiger partial charge in [0.1, 0.15) is 11.0 Å². The molecule has 7 heteroatoms. The molecule has 0 bridgehead atoms. The fraction of sp³-hybridized carbons (Fsp3) is 0.348. The Morgan fingerprint density at radius 3 is 2.70 bits per heavy atom. The van der Waals surface area contributed by atoms with Crippen molar-refractivity contribution < 1.29 is 14.3 Å². The molecule has 1 atom stereocenters. The number of methoxy groups -OCH3 is 1. The highest BCUT2D eigenvalue weighted by molar-refractivity contribution is 8.15. The molecular formula is C23H27N3O3S. The third-order valence-electron chi connectivity index (χ3n) is 4.92. The molecule has 1 aliphatic rings. The summed E-state index contributed by atoms with van der Waals surface area (Å²) in [5.41, 5.74) is 3.61. The van der Waals surface area contributed by atoms with E-state index in [-0.39, 0.29) is 18.2 Å². The fourth-order valence-electron chi connectivity index (χ4n) is 3.33. The second kappa shape index (κ2) is 9.80. The SMILES string of the molecule is CCc1ccccc1N=C1SC(CC(=O)Nc2cc(C)ccc2OC)C(=O)N1CC. The summed E-state index contributed by atoms with van der Waals surface area (Å²) < 4.78 is 5.32. The number of carbonyl (C=O) groups is 2. The Labute approximate surface area is 181 Å². The third-order valence-corrected chi connectivity index (χ3v) is 6.10. The minimum Gasteiger partial charge on any atom is -0.495 e. The summed E-state index contributed by atoms with van der Waals surface area (Å²) in [5.74, 6) is 0.283. The zero-order valence-electron chi connectivity index (χ0n) is 17.8. The van der Waals surface area contributed by atoms with E-state index in [4.69, 9.17) is 9.73 Å². The lowest BCUT2D eigenvalue weighted by Crippen LogP contribution is -2.33. The van der Waals surface area contributed by atoms with E-state index in [1.807, 2.05) is 56.3 Å². The molecule has 2 amide bonds. The molecule has 1 unspecified atom stereocenters. The first-order chi connectivity index (χ1) is 14.5. The number of hydrogen-bond acceptors (Lipinski definition) is 5. The molecule has 2 aromatic rings. The van der Waals surface area contributed by atoms with Crippen LogP contribution in [0.25, 0.3) is 0 Å². The first-order valence-corrected chi connectivity index (χ1v) is 10.9. The van der Waals surface area contributed by atoms with Crippen molar-refractivity contribution in [1.29, 1.82) is 0 Å². The normalized spacial score (nSPS) is 17.5. The topological polar surface area (TPSA) is 71.0 Å². The maximum Gasteiger partial charge on any atom is 0.242 e. The molecule has 2 aromatic carbocycles. The average Bonchev–Trinajstić information content (AvgIpc) is 3.02. The molecule has 1 fully saturated rings. The number of amidine groups is 1. The molecule has 158 valence electrons. The number of para-hydroxylation sites is 1. The molecule has 30 heavy (non-hydrogen) atoms. The predicted octanol–water partition coefficient (Wildman–Crippen LogP) is 4.55. The second-order valence-corrected chi connectivity index (χ2v) is 8.19. The van der Waals surface area contributed by atoms with E-state index in [0.717, 1.165) is 23.2 Å². The van der Waals surface area contributed by atoms with E-state index >= 15 is 0 Å². The van der Waals surface area contributed by atoms with Crippen molar-refractivity contribution in [3.8, 4) is 5.75 Å². The van der Waals surface area contributed by atoms with E-state index in [0.29, 0.717) is 23.1 Å². The maximum atomic E-state index is 12.9. The minimum atomic E-state index is -0.492. The number of amides is 2. The van der Waals surface area contributed by atoms with Gasteiger partial charge in [-0.3, -0.25) is 14.5 Å². The number of aliphatic imine (C=N–C) groups is 1. The summed E-state index contributed by atoms with van der Waals surface area (Å²) in [6.45, 7) is 6.46. The number of anilines is 1. The molecule has 1 heterocycles. The van der Waals surface area contributed by atoms with Crippen molar-refractivity contribution in [2.45, 2.75) is 38.9 Å². The quantitative estimate of drug-likeness (QED) is 0.707. The van der Waals surface area contributed by atoms with Crippen LogP contribution in [0.3, 0.4) is 0 Å². The molecule has 3 rings (SSSR count). The van der Waals surface area contributed by atoms with Crippen molar-refractivity contribution in [3.05, 3.63) is 53.6 Å². The van der Waals surface area contributed by atoms with Crippen LogP contribution in [0.1, 0.15) is 31.4 Å². The molecular weight excluding hydrogens is 398 g/mol. The minimum absolute atomic E-state index is 0.0749. The molecule has 0 radical (unpaired) electrons. The van der Waals surface area contributed by atoms with Crippen LogP contribution in [-0.2, 0) is 16.0 Å². The van der Waals surface area contributed by atoms with Crippen molar-refractivity contribution in [2.75, 3.05) is 19.0 Å². The summed E-state index contributed by atoms with van der Waals surface area (Å²) in [6, 6.07) is 13.5. The van der Waals surface area contributed by atoms with Gasteiger partial charge in [-0.2, -0.15) is 0 Å². The van der Waals surface area contributed by atoms with Gasteiger partial charge in [0.2, 0.25) is 11.8 Å². The number of rotatable bonds is 7. The highest BCUT2D eigenvalue weighted by Crippen LogP contribution is 2.33. The number of thioether (sulfide) groups is 1. The number of aryl methyl sites for hydroxylation is 2.